The van der Waals surface area contributed by atoms with Crippen LogP contribution < -0.4 is 44.6 Å². The Morgan fingerprint density at radius 3 is 0.727 bits per heavy atom. The van der Waals surface area contributed by atoms with E-state index >= 15 is 0 Å². The summed E-state index contributed by atoms with van der Waals surface area (Å²) in [6.45, 7) is 0. The van der Waals surface area contributed by atoms with E-state index in [1.54, 1.807) is 0 Å². The van der Waals surface area contributed by atoms with Crippen molar-refractivity contribution in [3.8, 4) is 0 Å². The minimum Gasteiger partial charge on any atom is 1.00 e. The molecule has 0 atom stereocenters. The molecule has 0 aromatic rings. The molecule has 0 aliphatic carbocycles. The van der Waals surface area contributed by atoms with Crippen LogP contribution in [0.4, 0.5) is 0 Å². The average Bonchev–Trinajstić information content (AvgIpc) is 1.70. The standard InChI is InChI=1S/3BO2.Ba.Na/c3*2-1-3;;/q3*-1;+2;+1. The van der Waals surface area contributed by atoms with Crippen molar-refractivity contribution in [2.45, 2.75) is 0 Å². The summed E-state index contributed by atoms with van der Waals surface area (Å²) in [6.07, 6.45) is 0. The van der Waals surface area contributed by atoms with E-state index in [1.165, 1.54) is 0 Å². The van der Waals surface area contributed by atoms with E-state index in [0.717, 1.165) is 0 Å². The maximum atomic E-state index is 8.25. The van der Waals surface area contributed by atoms with Gasteiger partial charge in [0.15, 0.2) is 0 Å². The van der Waals surface area contributed by atoms with Gasteiger partial charge in [0.2, 0.25) is 0 Å². The first kappa shape index (κ1) is 29.4. The predicted molar refractivity (Wildman–Crippen MR) is 25.1 cm³/mol. The molecule has 0 heterocycles. The van der Waals surface area contributed by atoms with E-state index < -0.39 is 22.1 Å². The van der Waals surface area contributed by atoms with Gasteiger partial charge in [-0.15, -0.1) is 0 Å². The summed E-state index contributed by atoms with van der Waals surface area (Å²) in [7, 11) is -1.50. The van der Waals surface area contributed by atoms with Crippen LogP contribution in [-0.4, -0.2) is 70.9 Å². The molecule has 0 N–H and O–H groups in total. The van der Waals surface area contributed by atoms with Gasteiger partial charge in [0, 0.05) is 0 Å². The second-order valence-corrected chi connectivity index (χ2v) is 0.289. The Hall–Kier alpha value is 1.57. The van der Waals surface area contributed by atoms with Crippen molar-refractivity contribution in [2.75, 3.05) is 0 Å². The molecule has 0 amide bonds. The summed E-state index contributed by atoms with van der Waals surface area (Å²) in [5.74, 6) is 0. The number of hydrogen-bond donors (Lipinski definition) is 0. The van der Waals surface area contributed by atoms with Crippen LogP contribution in [0.1, 0.15) is 0 Å². The molecule has 0 spiro atoms. The van der Waals surface area contributed by atoms with Crippen LogP contribution in [0.15, 0.2) is 0 Å². The van der Waals surface area contributed by atoms with Gasteiger partial charge >= 0.3 is 130 Å². The smallest absolute Gasteiger partial charge is 1.00 e. The minimum absolute atomic E-state index is 0. The zero-order valence-electron chi connectivity index (χ0n) is 5.89. The van der Waals surface area contributed by atoms with Crippen LogP contribution in [0.5, 0.6) is 0 Å². The van der Waals surface area contributed by atoms with Crippen LogP contribution in [0.2, 0.25) is 0 Å². The van der Waals surface area contributed by atoms with Gasteiger partial charge in [-0.25, -0.2) is 0 Å². The van der Waals surface area contributed by atoms with Crippen molar-refractivity contribution in [3.63, 3.8) is 0 Å². The summed E-state index contributed by atoms with van der Waals surface area (Å²) in [5, 5.41) is 24.8. The molecule has 11 heavy (non-hydrogen) atoms. The molecule has 0 aromatic heterocycles. The maximum Gasteiger partial charge on any atom is 2.00 e. The van der Waals surface area contributed by atoms with Crippen molar-refractivity contribution >= 4 is 70.9 Å². The third-order valence-corrected chi connectivity index (χ3v) is 0. The van der Waals surface area contributed by atoms with Gasteiger partial charge in [0.25, 0.3) is 0 Å². The van der Waals surface area contributed by atoms with Gasteiger partial charge in [-0.2, -0.15) is 0 Å². The van der Waals surface area contributed by atoms with E-state index in [9.17, 15) is 0 Å². The molecule has 0 saturated carbocycles. The third kappa shape index (κ3) is 431. The normalized spacial score (nSPS) is 2.18. The minimum atomic E-state index is -0.500. The molecule has 0 aliphatic heterocycles. The Bertz CT molecular complexity index is 54.6. The van der Waals surface area contributed by atoms with Gasteiger partial charge in [0.05, 0.1) is 0 Å². The average molecular weight is 289 g/mol. The molecule has 0 radical (unpaired) electrons. The topological polar surface area (TPSA) is 120 Å². The molecular formula is B3BaNaO6. The molecule has 0 bridgehead atoms. The van der Waals surface area contributed by atoms with Crippen molar-refractivity contribution in [1.82, 2.24) is 0 Å². The molecule has 48 valence electrons. The molecular weight excluding hydrogens is 289 g/mol. The number of hydrogen-bond acceptors (Lipinski definition) is 6. The first-order chi connectivity index (χ1) is 4.24. The summed E-state index contributed by atoms with van der Waals surface area (Å²) in [5.41, 5.74) is 0. The van der Waals surface area contributed by atoms with Gasteiger partial charge in [0.1, 0.15) is 0 Å². The zero-order valence-corrected chi connectivity index (χ0v) is 12.3. The maximum absolute atomic E-state index is 8.25. The van der Waals surface area contributed by atoms with Gasteiger partial charge in [-0.05, 0) is 0 Å². The van der Waals surface area contributed by atoms with Gasteiger partial charge < -0.3 is 0 Å². The van der Waals surface area contributed by atoms with E-state index in [2.05, 4.69) is 0 Å². The third-order valence-electron chi connectivity index (χ3n) is 0. The molecule has 11 heteroatoms. The summed E-state index contributed by atoms with van der Waals surface area (Å²) < 4.78 is 24.8. The Balaban J connectivity index is -0.0000000150. The molecule has 6 nitrogen and oxygen atoms in total. The van der Waals surface area contributed by atoms with Crippen LogP contribution in [0.25, 0.3) is 0 Å². The molecule has 0 saturated heterocycles. The Labute approximate surface area is 127 Å². The molecule has 0 rings (SSSR count). The zero-order chi connectivity index (χ0) is 8.12. The van der Waals surface area contributed by atoms with Gasteiger partial charge in [-0.3, -0.25) is 0 Å². The van der Waals surface area contributed by atoms with Gasteiger partial charge in [-0.1, -0.05) is 0 Å². The van der Waals surface area contributed by atoms with Crippen molar-refractivity contribution in [2.24, 2.45) is 0 Å². The molecule has 0 aliphatic rings. The summed E-state index contributed by atoms with van der Waals surface area (Å²) >= 11 is 0. The van der Waals surface area contributed by atoms with Crippen LogP contribution in [-0.2, 0) is 14.1 Å². The summed E-state index contributed by atoms with van der Waals surface area (Å²) in [6, 6.07) is 0. The van der Waals surface area contributed by atoms with E-state index in [-0.39, 0.29) is 78.4 Å². The fourth-order valence-corrected chi connectivity index (χ4v) is 0. The largest absolute Gasteiger partial charge is 2.00 e. The Kier molecular flexibility index (Phi) is 165. The Morgan fingerprint density at radius 2 is 0.727 bits per heavy atom. The number of rotatable bonds is 0. The summed E-state index contributed by atoms with van der Waals surface area (Å²) in [4.78, 5) is 0. The predicted octanol–water partition coefficient (Wildman–Crippen LogP) is -8.44. The van der Waals surface area contributed by atoms with Crippen LogP contribution in [0.3, 0.4) is 0 Å². The second kappa shape index (κ2) is 61.9. The van der Waals surface area contributed by atoms with Crippen LogP contribution in [0, 0.1) is 0 Å². The SMILES string of the molecule is O=B[O-].O=B[O-].O=B[O-].[Ba+2].[Na+]. The van der Waals surface area contributed by atoms with Crippen molar-refractivity contribution in [1.29, 1.82) is 0 Å². The van der Waals surface area contributed by atoms with E-state index in [1.807, 2.05) is 0 Å². The quantitative estimate of drug-likeness (QED) is 0.408. The second-order valence-electron chi connectivity index (χ2n) is 0.289. The van der Waals surface area contributed by atoms with Crippen molar-refractivity contribution < 1.29 is 58.7 Å². The molecule has 0 aromatic carbocycles. The fourth-order valence-electron chi connectivity index (χ4n) is 0. The van der Waals surface area contributed by atoms with Crippen molar-refractivity contribution in [3.05, 3.63) is 0 Å². The fraction of sp³-hybridized carbons (Fsp3) is 0. The first-order valence-electron chi connectivity index (χ1n) is 1.41. The van der Waals surface area contributed by atoms with Crippen LogP contribution >= 0.6 is 0 Å². The first-order valence-corrected chi connectivity index (χ1v) is 1.41. The van der Waals surface area contributed by atoms with E-state index in [0.29, 0.717) is 0 Å². The molecule has 0 fully saturated rings. The molecule has 0 unspecified atom stereocenters. The monoisotopic (exact) mass is 290 g/mol. The Morgan fingerprint density at radius 1 is 0.727 bits per heavy atom. The van der Waals surface area contributed by atoms with E-state index in [4.69, 9.17) is 29.2 Å².